The van der Waals surface area contributed by atoms with E-state index in [0.29, 0.717) is 0 Å². The van der Waals surface area contributed by atoms with Crippen LogP contribution in [0.1, 0.15) is 1.43 Å². The van der Waals surface area contributed by atoms with Crippen molar-refractivity contribution in [1.82, 2.24) is 0 Å². The van der Waals surface area contributed by atoms with Crippen LogP contribution in [0.15, 0.2) is 34.4 Å². The molecule has 0 saturated carbocycles. The first-order chi connectivity index (χ1) is 6.97. The van der Waals surface area contributed by atoms with Crippen molar-refractivity contribution >= 4 is 15.8 Å². The Bertz CT molecular complexity index is 450. The first-order valence-corrected chi connectivity index (χ1v) is 5.46. The van der Waals surface area contributed by atoms with Gasteiger partial charge in [-0.1, -0.05) is 0 Å². The van der Waals surface area contributed by atoms with Gasteiger partial charge in [-0.3, -0.25) is 0 Å². The molecule has 0 bridgehead atoms. The molecule has 1 N–H and O–H groups in total. The molecule has 0 spiro atoms. The van der Waals surface area contributed by atoms with E-state index in [4.69, 9.17) is 5.53 Å². The maximum atomic E-state index is 11.3. The van der Waals surface area contributed by atoms with Gasteiger partial charge in [0.1, 0.15) is 4.90 Å². The Labute approximate surface area is 118 Å². The van der Waals surface area contributed by atoms with E-state index in [1.807, 2.05) is 19.0 Å². The van der Waals surface area contributed by atoms with Crippen LogP contribution in [-0.2, 0) is 14.4 Å². The van der Waals surface area contributed by atoms with Crippen LogP contribution >= 0.6 is 0 Å². The van der Waals surface area contributed by atoms with Crippen molar-refractivity contribution < 1.29 is 43.7 Å². The second kappa shape index (κ2) is 6.19. The van der Waals surface area contributed by atoms with Crippen LogP contribution in [0.4, 0.5) is 5.69 Å². The predicted molar refractivity (Wildman–Crippen MR) is 55.3 cm³/mol. The fraction of sp³-hybridized carbons (Fsp3) is 0.250. The third kappa shape index (κ3) is 3.75. The Morgan fingerprint density at radius 1 is 1.31 bits per heavy atom. The molecule has 0 fully saturated rings. The summed E-state index contributed by atoms with van der Waals surface area (Å²) in [5.74, 6) is 0. The number of anilines is 1. The minimum Gasteiger partial charge on any atom is -1.00 e. The molecule has 0 aliphatic rings. The van der Waals surface area contributed by atoms with Crippen LogP contribution in [-0.4, -0.2) is 22.5 Å². The summed E-state index contributed by atoms with van der Waals surface area (Å²) in [5.41, 5.74) is 7.21. The topological polar surface area (TPSA) is 82.8 Å². The molecule has 0 heterocycles. The fourth-order valence-corrected chi connectivity index (χ4v) is 1.66. The van der Waals surface area contributed by atoms with E-state index in [9.17, 15) is 8.42 Å². The van der Waals surface area contributed by atoms with Crippen molar-refractivity contribution in [2.45, 2.75) is 4.90 Å². The molecule has 84 valence electrons. The molecule has 0 atom stereocenters. The molecule has 1 aromatic carbocycles. The van der Waals surface area contributed by atoms with Crippen LogP contribution < -0.4 is 34.5 Å². The monoisotopic (exact) mass is 253 g/mol. The van der Waals surface area contributed by atoms with Crippen LogP contribution in [0, 0.1) is 5.53 Å². The maximum absolute atomic E-state index is 11.3. The first kappa shape index (κ1) is 15.4. The van der Waals surface area contributed by atoms with E-state index in [-0.39, 0.29) is 35.9 Å². The van der Waals surface area contributed by atoms with Gasteiger partial charge in [0.15, 0.2) is 0 Å². The van der Waals surface area contributed by atoms with Gasteiger partial charge in [0.25, 0.3) is 0 Å². The zero-order valence-electron chi connectivity index (χ0n) is 10.3. The molecule has 0 unspecified atom stereocenters. The zero-order chi connectivity index (χ0) is 11.5. The summed E-state index contributed by atoms with van der Waals surface area (Å²) in [6.45, 7) is 0. The van der Waals surface area contributed by atoms with Gasteiger partial charge in [-0.05, 0) is 24.3 Å². The van der Waals surface area contributed by atoms with Crippen molar-refractivity contribution in [3.8, 4) is 0 Å². The normalized spacial score (nSPS) is 10.1. The molecule has 1 rings (SSSR count). The van der Waals surface area contributed by atoms with Crippen LogP contribution in [0.2, 0.25) is 0 Å². The quantitative estimate of drug-likeness (QED) is 0.403. The van der Waals surface area contributed by atoms with Crippen molar-refractivity contribution in [3.05, 3.63) is 24.3 Å². The number of benzene rings is 1. The molecular weight excluding hydrogens is 241 g/mol. The molecule has 0 aliphatic heterocycles. The average molecular weight is 253 g/mol. The number of rotatable bonds is 4. The fourth-order valence-electron chi connectivity index (χ4n) is 1.00. The van der Waals surface area contributed by atoms with Crippen molar-refractivity contribution in [2.75, 3.05) is 19.0 Å². The summed E-state index contributed by atoms with van der Waals surface area (Å²) >= 11 is 0. The molecule has 0 aliphatic carbocycles. The molecule has 16 heavy (non-hydrogen) atoms. The Kier molecular flexibility index (Phi) is 5.95. The molecule has 0 saturated heterocycles. The number of hydrogen-bond acceptors (Lipinski definition) is 6. The summed E-state index contributed by atoms with van der Waals surface area (Å²) in [5, 5.41) is 2.39. The van der Waals surface area contributed by atoms with E-state index in [2.05, 4.69) is 9.56 Å². The average Bonchev–Trinajstić information content (AvgIpc) is 2.18. The molecular formula is C8H12N3NaO3S. The summed E-state index contributed by atoms with van der Waals surface area (Å²) in [7, 11) is -0.233. The number of hydrogen-bond donors (Lipinski definition) is 1. The van der Waals surface area contributed by atoms with Gasteiger partial charge in [0, 0.05) is 25.1 Å². The van der Waals surface area contributed by atoms with E-state index < -0.39 is 10.1 Å². The minimum absolute atomic E-state index is 0. The second-order valence-corrected chi connectivity index (χ2v) is 4.54. The summed E-state index contributed by atoms with van der Waals surface area (Å²) in [6.07, 6.45) is 0. The van der Waals surface area contributed by atoms with Gasteiger partial charge in [0.2, 0.25) is 0 Å². The van der Waals surface area contributed by atoms with Gasteiger partial charge in [-0.25, -0.2) is 4.28 Å². The maximum Gasteiger partial charge on any atom is 1.00 e. The van der Waals surface area contributed by atoms with Gasteiger partial charge in [-0.15, -0.1) is 0 Å². The SMILES string of the molecule is CN(C)c1ccc(S(=O)(=O)ON=N)cc1.[H-].[Na+]. The number of nitrogens with zero attached hydrogens (tertiary/aromatic N) is 2. The first-order valence-electron chi connectivity index (χ1n) is 4.05. The standard InChI is InChI=1S/C8H11N3O3S.Na.H/c1-11(2)7-3-5-8(6-4-7)15(12,13)14-10-9;;/h3-6,9H,1-2H3;;/q;+1;-1. The van der Waals surface area contributed by atoms with E-state index >= 15 is 0 Å². The van der Waals surface area contributed by atoms with E-state index in [0.717, 1.165) is 5.69 Å². The second-order valence-electron chi connectivity index (χ2n) is 3.01. The minimum atomic E-state index is -3.93. The predicted octanol–water partition coefficient (Wildman–Crippen LogP) is -1.48. The third-order valence-corrected chi connectivity index (χ3v) is 2.90. The smallest absolute Gasteiger partial charge is 1.00 e. The van der Waals surface area contributed by atoms with Crippen LogP contribution in [0.3, 0.4) is 0 Å². The van der Waals surface area contributed by atoms with Gasteiger partial charge in [0.05, 0.1) is 0 Å². The molecule has 0 amide bonds. The molecule has 8 heteroatoms. The molecule has 6 nitrogen and oxygen atoms in total. The van der Waals surface area contributed by atoms with Crippen LogP contribution in [0.25, 0.3) is 0 Å². The van der Waals surface area contributed by atoms with Gasteiger partial charge < -0.3 is 6.33 Å². The largest absolute Gasteiger partial charge is 1.00 e. The van der Waals surface area contributed by atoms with Crippen molar-refractivity contribution in [3.63, 3.8) is 0 Å². The Balaban J connectivity index is 0. The van der Waals surface area contributed by atoms with Crippen molar-refractivity contribution in [1.29, 1.82) is 5.53 Å². The molecule has 0 aromatic heterocycles. The third-order valence-electron chi connectivity index (χ3n) is 1.78. The molecule has 1 aromatic rings. The van der Waals surface area contributed by atoms with Crippen molar-refractivity contribution in [2.24, 2.45) is 5.28 Å². The van der Waals surface area contributed by atoms with Gasteiger partial charge >= 0.3 is 39.7 Å². The Hall–Kier alpha value is -0.630. The van der Waals surface area contributed by atoms with Gasteiger partial charge in [-0.2, -0.15) is 13.9 Å². The summed E-state index contributed by atoms with van der Waals surface area (Å²) in [4.78, 5) is 1.82. The molecule has 0 radical (unpaired) electrons. The van der Waals surface area contributed by atoms with E-state index in [1.54, 1.807) is 12.1 Å². The van der Waals surface area contributed by atoms with Crippen LogP contribution in [0.5, 0.6) is 0 Å². The summed E-state index contributed by atoms with van der Waals surface area (Å²) in [6, 6.07) is 6.08. The Morgan fingerprint density at radius 2 is 1.81 bits per heavy atom. The van der Waals surface area contributed by atoms with E-state index in [1.165, 1.54) is 12.1 Å². The Morgan fingerprint density at radius 3 is 2.19 bits per heavy atom. The summed E-state index contributed by atoms with van der Waals surface area (Å²) < 4.78 is 26.5. The zero-order valence-corrected chi connectivity index (χ0v) is 12.2. The number of nitrogens with one attached hydrogen (secondary N) is 1.